The quantitative estimate of drug-likeness (QED) is 0.877. The van der Waals surface area contributed by atoms with Gasteiger partial charge >= 0.3 is 0 Å². The Kier molecular flexibility index (Phi) is 3.13. The molecule has 2 aliphatic carbocycles. The van der Waals surface area contributed by atoms with E-state index in [0.717, 1.165) is 12.2 Å². The highest BCUT2D eigenvalue weighted by Crippen LogP contribution is 2.48. The van der Waals surface area contributed by atoms with Gasteiger partial charge in [-0.2, -0.15) is 0 Å². The smallest absolute Gasteiger partial charge is 0.255 e. The van der Waals surface area contributed by atoms with Crippen LogP contribution in [0.25, 0.3) is 0 Å². The average molecular weight is 263 g/mol. The summed E-state index contributed by atoms with van der Waals surface area (Å²) in [4.78, 5) is 12.3. The second kappa shape index (κ2) is 4.67. The predicted octanol–water partition coefficient (Wildman–Crippen LogP) is 2.03. The summed E-state index contributed by atoms with van der Waals surface area (Å²) in [6.07, 6.45) is 3.53. The maximum absolute atomic E-state index is 12.3. The normalized spacial score (nSPS) is 32.8. The van der Waals surface area contributed by atoms with E-state index >= 15 is 0 Å². The molecule has 1 heterocycles. The maximum Gasteiger partial charge on any atom is 0.255 e. The van der Waals surface area contributed by atoms with E-state index in [1.54, 1.807) is 6.07 Å². The number of carbonyl (C=O) groups is 1. The Balaban J connectivity index is 1.74. The molecule has 0 saturated heterocycles. The van der Waals surface area contributed by atoms with Crippen LogP contribution >= 0.6 is 0 Å². The zero-order valence-electron chi connectivity index (χ0n) is 11.5. The molecule has 0 aromatic carbocycles. The third-order valence-corrected chi connectivity index (χ3v) is 4.88. The number of hydrogen-bond acceptors (Lipinski definition) is 3. The first-order valence-electron chi connectivity index (χ1n) is 7.09. The van der Waals surface area contributed by atoms with Crippen molar-refractivity contribution in [3.63, 3.8) is 0 Å². The first-order valence-corrected chi connectivity index (χ1v) is 7.09. The minimum Gasteiger partial charge on any atom is -0.466 e. The summed E-state index contributed by atoms with van der Waals surface area (Å²) < 4.78 is 5.41. The first-order chi connectivity index (χ1) is 9.10. The summed E-state index contributed by atoms with van der Waals surface area (Å²) in [5, 5.41) is 12.7. The Morgan fingerprint density at radius 2 is 2.16 bits per heavy atom. The van der Waals surface area contributed by atoms with Crippen LogP contribution in [0.3, 0.4) is 0 Å². The van der Waals surface area contributed by atoms with E-state index in [1.165, 1.54) is 12.8 Å². The minimum atomic E-state index is -0.0645. The van der Waals surface area contributed by atoms with E-state index in [-0.39, 0.29) is 24.5 Å². The van der Waals surface area contributed by atoms with Crippen LogP contribution in [0, 0.1) is 31.6 Å². The van der Waals surface area contributed by atoms with Crippen molar-refractivity contribution in [1.82, 2.24) is 5.32 Å². The molecule has 19 heavy (non-hydrogen) atoms. The van der Waals surface area contributed by atoms with Gasteiger partial charge in [0.1, 0.15) is 11.5 Å². The minimum absolute atomic E-state index is 0.0645. The van der Waals surface area contributed by atoms with E-state index < -0.39 is 0 Å². The molecule has 2 N–H and O–H groups in total. The fourth-order valence-corrected chi connectivity index (χ4v) is 3.98. The Hall–Kier alpha value is -1.29. The largest absolute Gasteiger partial charge is 0.466 e. The van der Waals surface area contributed by atoms with Gasteiger partial charge in [0.05, 0.1) is 5.56 Å². The van der Waals surface area contributed by atoms with E-state index in [9.17, 15) is 9.90 Å². The highest BCUT2D eigenvalue weighted by atomic mass is 16.3. The predicted molar refractivity (Wildman–Crippen MR) is 70.8 cm³/mol. The summed E-state index contributed by atoms with van der Waals surface area (Å²) in [7, 11) is 0. The molecule has 2 aliphatic rings. The van der Waals surface area contributed by atoms with Crippen LogP contribution in [0.5, 0.6) is 0 Å². The Morgan fingerprint density at radius 1 is 1.42 bits per heavy atom. The molecule has 3 rings (SSSR count). The van der Waals surface area contributed by atoms with Gasteiger partial charge in [0.2, 0.25) is 0 Å². The Bertz CT molecular complexity index is 494. The van der Waals surface area contributed by atoms with Gasteiger partial charge in [-0.05, 0) is 51.0 Å². The van der Waals surface area contributed by atoms with Gasteiger partial charge in [0.15, 0.2) is 0 Å². The monoisotopic (exact) mass is 263 g/mol. The van der Waals surface area contributed by atoms with Crippen LogP contribution in [0.1, 0.15) is 41.1 Å². The lowest BCUT2D eigenvalue weighted by Crippen LogP contribution is -2.45. The van der Waals surface area contributed by atoms with E-state index in [0.29, 0.717) is 23.2 Å². The molecule has 4 heteroatoms. The van der Waals surface area contributed by atoms with Gasteiger partial charge in [-0.3, -0.25) is 4.79 Å². The molecule has 4 atom stereocenters. The first kappa shape index (κ1) is 12.7. The third kappa shape index (κ3) is 2.08. The number of rotatable bonds is 3. The maximum atomic E-state index is 12.3. The van der Waals surface area contributed by atoms with Crippen molar-refractivity contribution in [1.29, 1.82) is 0 Å². The molecule has 1 aromatic rings. The van der Waals surface area contributed by atoms with Gasteiger partial charge in [-0.15, -0.1) is 0 Å². The lowest BCUT2D eigenvalue weighted by Gasteiger charge is -2.30. The number of fused-ring (bicyclic) bond motifs is 2. The lowest BCUT2D eigenvalue weighted by atomic mass is 9.85. The van der Waals surface area contributed by atoms with Crippen molar-refractivity contribution in [3.8, 4) is 0 Å². The molecule has 0 radical (unpaired) electrons. The van der Waals surface area contributed by atoms with Gasteiger partial charge < -0.3 is 14.8 Å². The van der Waals surface area contributed by atoms with Crippen molar-refractivity contribution >= 4 is 5.91 Å². The zero-order valence-corrected chi connectivity index (χ0v) is 11.5. The van der Waals surface area contributed by atoms with Gasteiger partial charge in [0, 0.05) is 18.6 Å². The lowest BCUT2D eigenvalue weighted by molar-refractivity contribution is 0.0860. The Labute approximate surface area is 113 Å². The molecule has 2 saturated carbocycles. The summed E-state index contributed by atoms with van der Waals surface area (Å²) in [6, 6.07) is 1.91. The van der Waals surface area contributed by atoms with E-state index in [4.69, 9.17) is 4.42 Å². The van der Waals surface area contributed by atoms with Crippen molar-refractivity contribution < 1.29 is 14.3 Å². The number of aliphatic hydroxyl groups is 1. The molecular formula is C15H21NO3. The molecule has 2 bridgehead atoms. The summed E-state index contributed by atoms with van der Waals surface area (Å²) >= 11 is 0. The second-order valence-corrected chi connectivity index (χ2v) is 6.01. The molecule has 1 aromatic heterocycles. The molecule has 4 nitrogen and oxygen atoms in total. The van der Waals surface area contributed by atoms with Crippen LogP contribution in [-0.2, 0) is 0 Å². The number of amides is 1. The topological polar surface area (TPSA) is 62.5 Å². The molecule has 104 valence electrons. The van der Waals surface area contributed by atoms with Crippen LogP contribution in [0.2, 0.25) is 0 Å². The number of carbonyl (C=O) groups excluding carboxylic acids is 1. The zero-order chi connectivity index (χ0) is 13.6. The summed E-state index contributed by atoms with van der Waals surface area (Å²) in [5.74, 6) is 2.72. The van der Waals surface area contributed by atoms with Gasteiger partial charge in [-0.25, -0.2) is 0 Å². The standard InChI is InChI=1S/C15H21NO3/c1-8-5-12(9(2)19-8)15(18)16-14-11-4-3-10(6-11)13(14)7-17/h5,10-11,13-14,17H,3-4,6-7H2,1-2H3,(H,16,18). The van der Waals surface area contributed by atoms with Crippen LogP contribution in [0.15, 0.2) is 10.5 Å². The van der Waals surface area contributed by atoms with Crippen molar-refractivity contribution in [2.45, 2.75) is 39.2 Å². The highest BCUT2D eigenvalue weighted by molar-refractivity contribution is 5.95. The van der Waals surface area contributed by atoms with Crippen LogP contribution in [0.4, 0.5) is 0 Å². The number of nitrogens with one attached hydrogen (secondary N) is 1. The molecule has 0 aliphatic heterocycles. The number of aliphatic hydroxyl groups excluding tert-OH is 1. The third-order valence-electron chi connectivity index (χ3n) is 4.88. The average Bonchev–Trinajstić information content (AvgIpc) is 3.03. The number of hydrogen-bond donors (Lipinski definition) is 2. The number of aryl methyl sites for hydroxylation is 2. The van der Waals surface area contributed by atoms with E-state index in [2.05, 4.69) is 5.32 Å². The van der Waals surface area contributed by atoms with Crippen LogP contribution < -0.4 is 5.32 Å². The molecular weight excluding hydrogens is 242 g/mol. The van der Waals surface area contributed by atoms with E-state index in [1.807, 2.05) is 13.8 Å². The summed E-state index contributed by atoms with van der Waals surface area (Å²) in [6.45, 7) is 3.83. The highest BCUT2D eigenvalue weighted by Gasteiger charge is 2.47. The van der Waals surface area contributed by atoms with Crippen molar-refractivity contribution in [3.05, 3.63) is 23.2 Å². The SMILES string of the molecule is Cc1cc(C(=O)NC2C3CCC(C3)C2CO)c(C)o1. The summed E-state index contributed by atoms with van der Waals surface area (Å²) in [5.41, 5.74) is 0.622. The van der Waals surface area contributed by atoms with Gasteiger partial charge in [-0.1, -0.05) is 0 Å². The molecule has 4 unspecified atom stereocenters. The number of furan rings is 1. The van der Waals surface area contributed by atoms with Crippen molar-refractivity contribution in [2.24, 2.45) is 17.8 Å². The fraction of sp³-hybridized carbons (Fsp3) is 0.667. The molecule has 0 spiro atoms. The second-order valence-electron chi connectivity index (χ2n) is 6.01. The van der Waals surface area contributed by atoms with Crippen molar-refractivity contribution in [2.75, 3.05) is 6.61 Å². The van der Waals surface area contributed by atoms with Crippen LogP contribution in [-0.4, -0.2) is 23.7 Å². The molecule has 1 amide bonds. The Morgan fingerprint density at radius 3 is 2.79 bits per heavy atom. The fourth-order valence-electron chi connectivity index (χ4n) is 3.98. The molecule has 2 fully saturated rings. The van der Waals surface area contributed by atoms with Gasteiger partial charge in [0.25, 0.3) is 5.91 Å².